The molecule has 4 rings (SSSR count). The van der Waals surface area contributed by atoms with Gasteiger partial charge in [0.2, 0.25) is 11.8 Å². The third-order valence-corrected chi connectivity index (χ3v) is 5.96. The molecule has 0 unspecified atom stereocenters. The predicted molar refractivity (Wildman–Crippen MR) is 116 cm³/mol. The molecule has 0 aromatic heterocycles. The lowest BCUT2D eigenvalue weighted by atomic mass is 9.95. The minimum absolute atomic E-state index is 0.00764. The van der Waals surface area contributed by atoms with Crippen molar-refractivity contribution in [2.24, 2.45) is 5.92 Å². The fourth-order valence-electron chi connectivity index (χ4n) is 4.58. The molecule has 1 N–H and O–H groups in total. The normalized spacial score (nSPS) is 17.2. The second-order valence-corrected chi connectivity index (χ2v) is 8.34. The van der Waals surface area contributed by atoms with Gasteiger partial charge in [-0.15, -0.1) is 0 Å². The molecule has 0 radical (unpaired) electrons. The summed E-state index contributed by atoms with van der Waals surface area (Å²) in [6, 6.07) is 14.3. The standard InChI is InChI=1S/C24H29N3O2/c1-17-13-18(2)15-21(14-17)25-23(28)16-26-10-7-20(8-11-26)24(29)27-12-9-19-5-3-4-6-22(19)27/h3-6,13-15,20H,7-12,16H2,1-2H3,(H,25,28). The van der Waals surface area contributed by atoms with Crippen LogP contribution in [0.5, 0.6) is 0 Å². The number of benzene rings is 2. The van der Waals surface area contributed by atoms with Crippen LogP contribution in [0, 0.1) is 19.8 Å². The average Bonchev–Trinajstić information content (AvgIpc) is 3.11. The molecule has 2 aromatic rings. The molecule has 0 spiro atoms. The Labute approximate surface area is 172 Å². The van der Waals surface area contributed by atoms with Gasteiger partial charge in [0.15, 0.2) is 0 Å². The van der Waals surface area contributed by atoms with Crippen molar-refractivity contribution in [2.45, 2.75) is 33.1 Å². The molecular weight excluding hydrogens is 362 g/mol. The zero-order valence-electron chi connectivity index (χ0n) is 17.3. The first kappa shape index (κ1) is 19.6. The van der Waals surface area contributed by atoms with Crippen LogP contribution in [0.4, 0.5) is 11.4 Å². The minimum Gasteiger partial charge on any atom is -0.325 e. The molecule has 2 heterocycles. The first-order valence-electron chi connectivity index (χ1n) is 10.5. The van der Waals surface area contributed by atoms with E-state index in [-0.39, 0.29) is 17.7 Å². The number of piperidine rings is 1. The van der Waals surface area contributed by atoms with Crippen molar-refractivity contribution in [3.63, 3.8) is 0 Å². The predicted octanol–water partition coefficient (Wildman–Crippen LogP) is 3.54. The van der Waals surface area contributed by atoms with Gasteiger partial charge in [0.25, 0.3) is 0 Å². The summed E-state index contributed by atoms with van der Waals surface area (Å²) in [5, 5.41) is 3.00. The molecule has 1 fully saturated rings. The molecule has 2 amide bonds. The Morgan fingerprint density at radius 2 is 1.69 bits per heavy atom. The molecule has 0 bridgehead atoms. The summed E-state index contributed by atoms with van der Waals surface area (Å²) < 4.78 is 0. The van der Waals surface area contributed by atoms with Gasteiger partial charge in [-0.25, -0.2) is 0 Å². The summed E-state index contributed by atoms with van der Waals surface area (Å²) in [6.07, 6.45) is 2.57. The highest BCUT2D eigenvalue weighted by Crippen LogP contribution is 2.31. The highest BCUT2D eigenvalue weighted by molar-refractivity contribution is 5.97. The average molecular weight is 392 g/mol. The van der Waals surface area contributed by atoms with Crippen LogP contribution in [0.1, 0.15) is 29.5 Å². The number of nitrogens with one attached hydrogen (secondary N) is 1. The van der Waals surface area contributed by atoms with E-state index in [0.29, 0.717) is 6.54 Å². The Morgan fingerprint density at radius 1 is 1.00 bits per heavy atom. The van der Waals surface area contributed by atoms with Crippen LogP contribution < -0.4 is 10.2 Å². The molecule has 0 aliphatic carbocycles. The summed E-state index contributed by atoms with van der Waals surface area (Å²) in [6.45, 7) is 6.79. The fourth-order valence-corrected chi connectivity index (χ4v) is 4.58. The maximum atomic E-state index is 13.0. The molecule has 2 aliphatic rings. The fraction of sp³-hybridized carbons (Fsp3) is 0.417. The quantitative estimate of drug-likeness (QED) is 0.867. The van der Waals surface area contributed by atoms with Gasteiger partial charge < -0.3 is 10.2 Å². The molecule has 5 nitrogen and oxygen atoms in total. The third-order valence-electron chi connectivity index (χ3n) is 5.96. The SMILES string of the molecule is Cc1cc(C)cc(NC(=O)CN2CCC(C(=O)N3CCc4ccccc43)CC2)c1. The van der Waals surface area contributed by atoms with Gasteiger partial charge in [0.1, 0.15) is 0 Å². The molecule has 2 aliphatic heterocycles. The van der Waals surface area contributed by atoms with Gasteiger partial charge in [-0.1, -0.05) is 24.3 Å². The number of nitrogens with zero attached hydrogens (tertiary/aromatic N) is 2. The van der Waals surface area contributed by atoms with E-state index in [9.17, 15) is 9.59 Å². The van der Waals surface area contributed by atoms with Crippen LogP contribution in [0.15, 0.2) is 42.5 Å². The monoisotopic (exact) mass is 391 g/mol. The molecule has 152 valence electrons. The van der Waals surface area contributed by atoms with Crippen molar-refractivity contribution in [2.75, 3.05) is 36.4 Å². The molecule has 0 atom stereocenters. The molecule has 0 saturated carbocycles. The summed E-state index contributed by atoms with van der Waals surface area (Å²) >= 11 is 0. The summed E-state index contributed by atoms with van der Waals surface area (Å²) in [4.78, 5) is 29.6. The number of hydrogen-bond acceptors (Lipinski definition) is 3. The molecule has 2 aromatic carbocycles. The van der Waals surface area contributed by atoms with Crippen molar-refractivity contribution < 1.29 is 9.59 Å². The third kappa shape index (κ3) is 4.51. The zero-order valence-corrected chi connectivity index (χ0v) is 17.3. The molecular formula is C24H29N3O2. The van der Waals surface area contributed by atoms with E-state index in [4.69, 9.17) is 0 Å². The molecule has 1 saturated heterocycles. The van der Waals surface area contributed by atoms with Crippen molar-refractivity contribution >= 4 is 23.2 Å². The van der Waals surface area contributed by atoms with Crippen molar-refractivity contribution in [1.82, 2.24) is 4.90 Å². The number of carbonyl (C=O) groups excluding carboxylic acids is 2. The number of hydrogen-bond donors (Lipinski definition) is 1. The van der Waals surface area contributed by atoms with E-state index < -0.39 is 0 Å². The minimum atomic E-state index is 0.00764. The number of para-hydroxylation sites is 1. The van der Waals surface area contributed by atoms with Gasteiger partial charge in [0, 0.05) is 23.8 Å². The van der Waals surface area contributed by atoms with E-state index in [1.807, 2.05) is 49.1 Å². The van der Waals surface area contributed by atoms with Gasteiger partial charge >= 0.3 is 0 Å². The number of carbonyl (C=O) groups is 2. The first-order chi connectivity index (χ1) is 14.0. The Morgan fingerprint density at radius 3 is 2.41 bits per heavy atom. The van der Waals surface area contributed by atoms with E-state index in [1.54, 1.807) is 0 Å². The van der Waals surface area contributed by atoms with Crippen molar-refractivity contribution in [3.8, 4) is 0 Å². The number of amides is 2. The van der Waals surface area contributed by atoms with Gasteiger partial charge in [-0.05, 0) is 81.1 Å². The number of fused-ring (bicyclic) bond motifs is 1. The zero-order chi connectivity index (χ0) is 20.4. The Balaban J connectivity index is 1.28. The van der Waals surface area contributed by atoms with Gasteiger partial charge in [0.05, 0.1) is 6.54 Å². The first-order valence-corrected chi connectivity index (χ1v) is 10.5. The van der Waals surface area contributed by atoms with Gasteiger partial charge in [-0.3, -0.25) is 14.5 Å². The number of rotatable bonds is 4. The highest BCUT2D eigenvalue weighted by atomic mass is 16.2. The largest absolute Gasteiger partial charge is 0.325 e. The Bertz CT molecular complexity index is 896. The maximum absolute atomic E-state index is 13.0. The number of aryl methyl sites for hydroxylation is 2. The highest BCUT2D eigenvalue weighted by Gasteiger charge is 2.32. The number of anilines is 2. The summed E-state index contributed by atoms with van der Waals surface area (Å²) in [7, 11) is 0. The molecule has 29 heavy (non-hydrogen) atoms. The Hall–Kier alpha value is -2.66. The second kappa shape index (κ2) is 8.37. The van der Waals surface area contributed by atoms with Crippen LogP contribution in [0.25, 0.3) is 0 Å². The number of likely N-dealkylation sites (tertiary alicyclic amines) is 1. The Kier molecular flexibility index (Phi) is 5.67. The van der Waals surface area contributed by atoms with Crippen LogP contribution >= 0.6 is 0 Å². The van der Waals surface area contributed by atoms with Crippen LogP contribution in [-0.2, 0) is 16.0 Å². The summed E-state index contributed by atoms with van der Waals surface area (Å²) in [5.74, 6) is 0.308. The lowest BCUT2D eigenvalue weighted by molar-refractivity contribution is -0.123. The van der Waals surface area contributed by atoms with Crippen LogP contribution in [-0.4, -0.2) is 42.9 Å². The second-order valence-electron chi connectivity index (χ2n) is 8.34. The smallest absolute Gasteiger partial charge is 0.238 e. The van der Waals surface area contributed by atoms with Crippen LogP contribution in [0.3, 0.4) is 0 Å². The summed E-state index contributed by atoms with van der Waals surface area (Å²) in [5.41, 5.74) is 5.48. The van der Waals surface area contributed by atoms with Crippen LogP contribution in [0.2, 0.25) is 0 Å². The molecule has 5 heteroatoms. The van der Waals surface area contributed by atoms with E-state index in [0.717, 1.165) is 61.4 Å². The van der Waals surface area contributed by atoms with E-state index in [2.05, 4.69) is 22.3 Å². The topological polar surface area (TPSA) is 52.7 Å². The van der Waals surface area contributed by atoms with Crippen molar-refractivity contribution in [1.29, 1.82) is 0 Å². The van der Waals surface area contributed by atoms with E-state index in [1.165, 1.54) is 5.56 Å². The maximum Gasteiger partial charge on any atom is 0.238 e. The lowest BCUT2D eigenvalue weighted by Crippen LogP contribution is -2.44. The van der Waals surface area contributed by atoms with Crippen molar-refractivity contribution in [3.05, 3.63) is 59.2 Å². The van der Waals surface area contributed by atoms with Gasteiger partial charge in [-0.2, -0.15) is 0 Å². The van der Waals surface area contributed by atoms with E-state index >= 15 is 0 Å². The lowest BCUT2D eigenvalue weighted by Gasteiger charge is -2.32.